The maximum absolute atomic E-state index is 10.9. The van der Waals surface area contributed by atoms with Crippen LogP contribution in [0.4, 0.5) is 0 Å². The number of phenols is 2. The molecule has 0 unspecified atom stereocenters. The molecule has 5 heteroatoms. The van der Waals surface area contributed by atoms with Gasteiger partial charge in [-0.05, 0) is 62.4 Å². The molecule has 168 valence electrons. The summed E-state index contributed by atoms with van der Waals surface area (Å²) >= 11 is 0. The van der Waals surface area contributed by atoms with Crippen molar-refractivity contribution in [1.82, 2.24) is 15.0 Å². The van der Waals surface area contributed by atoms with Crippen LogP contribution >= 0.6 is 0 Å². The van der Waals surface area contributed by atoms with E-state index in [1.54, 1.807) is 18.2 Å². The number of aryl methyl sites for hydroxylation is 4. The zero-order valence-electron chi connectivity index (χ0n) is 19.6. The molecule has 1 aromatic heterocycles. The van der Waals surface area contributed by atoms with Gasteiger partial charge in [0.05, 0.1) is 5.56 Å². The van der Waals surface area contributed by atoms with Crippen molar-refractivity contribution in [1.29, 1.82) is 0 Å². The molecule has 5 rings (SSSR count). The van der Waals surface area contributed by atoms with Gasteiger partial charge in [-0.15, -0.1) is 0 Å². The summed E-state index contributed by atoms with van der Waals surface area (Å²) in [4.78, 5) is 14.5. The Hall–Kier alpha value is -4.25. The van der Waals surface area contributed by atoms with Crippen molar-refractivity contribution in [2.24, 2.45) is 0 Å². The summed E-state index contributed by atoms with van der Waals surface area (Å²) in [5, 5.41) is 22.6. The number of benzene rings is 4. The molecule has 0 aliphatic heterocycles. The van der Waals surface area contributed by atoms with Gasteiger partial charge in [0.1, 0.15) is 11.5 Å². The number of fused-ring (bicyclic) bond motifs is 1. The second kappa shape index (κ2) is 8.27. The van der Waals surface area contributed by atoms with E-state index in [4.69, 9.17) is 15.0 Å². The largest absolute Gasteiger partial charge is 0.508 e. The molecule has 0 aliphatic carbocycles. The Balaban J connectivity index is 1.84. The minimum Gasteiger partial charge on any atom is -0.508 e. The van der Waals surface area contributed by atoms with Gasteiger partial charge in [-0.3, -0.25) is 0 Å². The zero-order valence-corrected chi connectivity index (χ0v) is 19.6. The Morgan fingerprint density at radius 3 is 1.65 bits per heavy atom. The second-order valence-corrected chi connectivity index (χ2v) is 8.81. The number of nitrogens with zero attached hydrogens (tertiary/aromatic N) is 3. The number of aromatic nitrogens is 3. The van der Waals surface area contributed by atoms with E-state index in [0.717, 1.165) is 38.8 Å². The lowest BCUT2D eigenvalue weighted by Crippen LogP contribution is -2.02. The van der Waals surface area contributed by atoms with Crippen LogP contribution in [-0.4, -0.2) is 25.2 Å². The summed E-state index contributed by atoms with van der Waals surface area (Å²) in [6.07, 6.45) is 0. The maximum atomic E-state index is 10.9. The van der Waals surface area contributed by atoms with Crippen LogP contribution in [0.5, 0.6) is 11.5 Å². The van der Waals surface area contributed by atoms with Crippen LogP contribution < -0.4 is 0 Å². The molecule has 0 saturated heterocycles. The Kier molecular flexibility index (Phi) is 5.25. The highest BCUT2D eigenvalue weighted by atomic mass is 16.3. The van der Waals surface area contributed by atoms with Gasteiger partial charge in [0.25, 0.3) is 0 Å². The van der Waals surface area contributed by atoms with E-state index in [1.807, 2.05) is 50.2 Å². The van der Waals surface area contributed by atoms with Gasteiger partial charge in [0.2, 0.25) is 0 Å². The molecular weight excluding hydrogens is 422 g/mol. The Morgan fingerprint density at radius 2 is 1.09 bits per heavy atom. The van der Waals surface area contributed by atoms with Crippen molar-refractivity contribution in [3.63, 3.8) is 0 Å². The first kappa shape index (κ1) is 21.6. The molecule has 0 bridgehead atoms. The molecule has 34 heavy (non-hydrogen) atoms. The fourth-order valence-electron chi connectivity index (χ4n) is 4.39. The smallest absolute Gasteiger partial charge is 0.168 e. The highest BCUT2D eigenvalue weighted by Gasteiger charge is 2.19. The van der Waals surface area contributed by atoms with Gasteiger partial charge in [0.15, 0.2) is 17.5 Å². The Bertz CT molecular complexity index is 1500. The highest BCUT2D eigenvalue weighted by Crippen LogP contribution is 2.38. The lowest BCUT2D eigenvalue weighted by atomic mass is 10.0. The molecule has 0 spiro atoms. The molecule has 4 aromatic carbocycles. The molecule has 0 atom stereocenters. The van der Waals surface area contributed by atoms with Crippen molar-refractivity contribution in [3.05, 3.63) is 89.0 Å². The summed E-state index contributed by atoms with van der Waals surface area (Å²) in [6, 6.07) is 20.8. The Labute approximate surface area is 198 Å². The number of phenolic OH excluding ortho intramolecular Hbond substituents is 2. The third-order valence-corrected chi connectivity index (χ3v) is 6.09. The average molecular weight is 448 g/mol. The number of hydrogen-bond donors (Lipinski definition) is 2. The molecule has 1 heterocycles. The van der Waals surface area contributed by atoms with Crippen LogP contribution in [-0.2, 0) is 0 Å². The van der Waals surface area contributed by atoms with E-state index < -0.39 is 0 Å². The van der Waals surface area contributed by atoms with Gasteiger partial charge in [-0.1, -0.05) is 59.7 Å². The fraction of sp³-hybridized carbons (Fsp3) is 0.138. The monoisotopic (exact) mass is 447 g/mol. The normalized spacial score (nSPS) is 11.2. The quantitative estimate of drug-likeness (QED) is 0.323. The first-order chi connectivity index (χ1) is 16.3. The molecule has 0 aliphatic rings. The van der Waals surface area contributed by atoms with E-state index in [2.05, 4.69) is 26.0 Å². The van der Waals surface area contributed by atoms with E-state index in [0.29, 0.717) is 28.4 Å². The summed E-state index contributed by atoms with van der Waals surface area (Å²) in [7, 11) is 0. The third kappa shape index (κ3) is 3.86. The van der Waals surface area contributed by atoms with E-state index in [-0.39, 0.29) is 11.5 Å². The molecule has 5 nitrogen and oxygen atoms in total. The SMILES string of the molecule is Cc1ccc(-c2nc(-c3ccc(C)cc3C)nc(-c3c(O)ccc4ccc(O)cc34)n2)c(C)c1. The predicted molar refractivity (Wildman–Crippen MR) is 136 cm³/mol. The predicted octanol–water partition coefficient (Wildman–Crippen LogP) is 6.67. The molecule has 0 radical (unpaired) electrons. The lowest BCUT2D eigenvalue weighted by Gasteiger charge is -2.14. The summed E-state index contributed by atoms with van der Waals surface area (Å²) in [6.45, 7) is 8.18. The van der Waals surface area contributed by atoms with Crippen LogP contribution in [0.2, 0.25) is 0 Å². The average Bonchev–Trinajstić information content (AvgIpc) is 2.78. The molecule has 2 N–H and O–H groups in total. The minimum absolute atomic E-state index is 0.0439. The topological polar surface area (TPSA) is 79.1 Å². The van der Waals surface area contributed by atoms with Crippen molar-refractivity contribution >= 4 is 10.8 Å². The van der Waals surface area contributed by atoms with Gasteiger partial charge in [0, 0.05) is 16.5 Å². The number of aromatic hydroxyl groups is 2. The van der Waals surface area contributed by atoms with Crippen LogP contribution in [0, 0.1) is 27.7 Å². The van der Waals surface area contributed by atoms with E-state index in [1.165, 1.54) is 0 Å². The first-order valence-electron chi connectivity index (χ1n) is 11.2. The highest BCUT2D eigenvalue weighted by molar-refractivity contribution is 5.99. The maximum Gasteiger partial charge on any atom is 0.168 e. The van der Waals surface area contributed by atoms with Gasteiger partial charge in [-0.2, -0.15) is 0 Å². The summed E-state index contributed by atoms with van der Waals surface area (Å²) in [5.41, 5.74) is 6.71. The molecule has 5 aromatic rings. The fourth-order valence-corrected chi connectivity index (χ4v) is 4.39. The van der Waals surface area contributed by atoms with Crippen LogP contribution in [0.25, 0.3) is 44.9 Å². The van der Waals surface area contributed by atoms with Gasteiger partial charge >= 0.3 is 0 Å². The number of rotatable bonds is 3. The molecule has 0 fully saturated rings. The van der Waals surface area contributed by atoms with E-state index >= 15 is 0 Å². The summed E-state index contributed by atoms with van der Waals surface area (Å²) in [5.74, 6) is 1.58. The molecular formula is C29H25N3O2. The van der Waals surface area contributed by atoms with Crippen LogP contribution in [0.3, 0.4) is 0 Å². The number of hydrogen-bond acceptors (Lipinski definition) is 5. The van der Waals surface area contributed by atoms with Crippen molar-refractivity contribution in [2.45, 2.75) is 27.7 Å². The van der Waals surface area contributed by atoms with Gasteiger partial charge in [-0.25, -0.2) is 15.0 Å². The van der Waals surface area contributed by atoms with Gasteiger partial charge < -0.3 is 10.2 Å². The lowest BCUT2D eigenvalue weighted by molar-refractivity contribution is 0.475. The van der Waals surface area contributed by atoms with Crippen LogP contribution in [0.15, 0.2) is 66.7 Å². The minimum atomic E-state index is 0.0439. The molecule has 0 saturated carbocycles. The van der Waals surface area contributed by atoms with E-state index in [9.17, 15) is 10.2 Å². The van der Waals surface area contributed by atoms with Crippen molar-refractivity contribution in [3.8, 4) is 45.7 Å². The first-order valence-corrected chi connectivity index (χ1v) is 11.2. The van der Waals surface area contributed by atoms with Crippen molar-refractivity contribution in [2.75, 3.05) is 0 Å². The standard InChI is InChI=1S/C29H25N3O2/c1-16-5-10-22(18(3)13-16)27-30-28(23-11-6-17(2)14-19(23)4)32-29(31-27)26-24-15-21(33)9-7-20(24)8-12-25(26)34/h5-15,33-34H,1-4H3. The second-order valence-electron chi connectivity index (χ2n) is 8.81. The van der Waals surface area contributed by atoms with Crippen LogP contribution in [0.1, 0.15) is 22.3 Å². The Morgan fingerprint density at radius 1 is 0.559 bits per heavy atom. The molecule has 0 amide bonds. The third-order valence-electron chi connectivity index (χ3n) is 6.09. The zero-order chi connectivity index (χ0) is 24.0. The summed E-state index contributed by atoms with van der Waals surface area (Å²) < 4.78 is 0. The van der Waals surface area contributed by atoms with Crippen molar-refractivity contribution < 1.29 is 10.2 Å².